The summed E-state index contributed by atoms with van der Waals surface area (Å²) in [5.74, 6) is 0.111. The number of hydrogen-bond donors (Lipinski definition) is 1. The summed E-state index contributed by atoms with van der Waals surface area (Å²) in [6.45, 7) is 3.32. The molecule has 1 aliphatic heterocycles. The van der Waals surface area contributed by atoms with E-state index in [0.717, 1.165) is 6.26 Å². The zero-order chi connectivity index (χ0) is 21.3. The lowest BCUT2D eigenvalue weighted by atomic mass is 9.98. The van der Waals surface area contributed by atoms with E-state index in [9.17, 15) is 18.0 Å². The lowest BCUT2D eigenvalue weighted by molar-refractivity contribution is -0.132. The Hall–Kier alpha value is -3.07. The number of aromatic amines is 1. The highest BCUT2D eigenvalue weighted by atomic mass is 32.2. The van der Waals surface area contributed by atoms with Crippen molar-refractivity contribution in [2.75, 3.05) is 18.2 Å². The number of benzene rings is 1. The normalized spacial score (nSPS) is 16.0. The van der Waals surface area contributed by atoms with Gasteiger partial charge in [0.25, 0.3) is 11.5 Å². The van der Waals surface area contributed by atoms with Crippen molar-refractivity contribution in [1.29, 1.82) is 0 Å². The first-order chi connectivity index (χ1) is 13.4. The number of nitrogens with one attached hydrogen (secondary N) is 1. The quantitative estimate of drug-likeness (QED) is 0.690. The fraction of sp³-hybridized carbons (Fsp3) is 0.300. The Balaban J connectivity index is 2.15. The summed E-state index contributed by atoms with van der Waals surface area (Å²) in [6.07, 6.45) is 4.41. The molecule has 3 heterocycles. The van der Waals surface area contributed by atoms with Gasteiger partial charge in [-0.15, -0.1) is 0 Å². The molecule has 152 valence electrons. The SMILES string of the molecule is CN1C(=O)C(C)(C)Oc2c(-c3cn(C)c(=O)c4[nH]ccc34)cc(S(C)(=O)=O)cc21. The average Bonchev–Trinajstić information content (AvgIpc) is 3.11. The molecule has 3 aromatic rings. The van der Waals surface area contributed by atoms with Gasteiger partial charge in [0, 0.05) is 49.3 Å². The van der Waals surface area contributed by atoms with Crippen molar-refractivity contribution in [1.82, 2.24) is 9.55 Å². The largest absolute Gasteiger partial charge is 0.475 e. The van der Waals surface area contributed by atoms with E-state index in [1.54, 1.807) is 46.4 Å². The number of H-pyrrole nitrogens is 1. The van der Waals surface area contributed by atoms with Crippen LogP contribution in [0.2, 0.25) is 0 Å². The number of carbonyl (C=O) groups is 1. The highest BCUT2D eigenvalue weighted by Crippen LogP contribution is 2.46. The third-order valence-corrected chi connectivity index (χ3v) is 6.29. The molecule has 0 radical (unpaired) electrons. The van der Waals surface area contributed by atoms with Crippen LogP contribution < -0.4 is 15.2 Å². The molecule has 1 amide bonds. The zero-order valence-corrected chi connectivity index (χ0v) is 17.5. The van der Waals surface area contributed by atoms with E-state index in [1.165, 1.54) is 21.6 Å². The summed E-state index contributed by atoms with van der Waals surface area (Å²) in [5, 5.41) is 0.641. The predicted octanol–water partition coefficient (Wildman–Crippen LogP) is 2.07. The number of amides is 1. The Labute approximate surface area is 167 Å². The molecule has 29 heavy (non-hydrogen) atoms. The highest BCUT2D eigenvalue weighted by Gasteiger charge is 2.41. The van der Waals surface area contributed by atoms with Gasteiger partial charge >= 0.3 is 0 Å². The maximum absolute atomic E-state index is 12.7. The van der Waals surface area contributed by atoms with Gasteiger partial charge in [-0.3, -0.25) is 9.59 Å². The van der Waals surface area contributed by atoms with E-state index < -0.39 is 15.4 Å². The van der Waals surface area contributed by atoms with Crippen LogP contribution >= 0.6 is 0 Å². The summed E-state index contributed by atoms with van der Waals surface area (Å²) in [4.78, 5) is 29.5. The van der Waals surface area contributed by atoms with Gasteiger partial charge in [0.2, 0.25) is 0 Å². The molecule has 0 aliphatic carbocycles. The molecule has 8 nitrogen and oxygen atoms in total. The molecule has 4 rings (SSSR count). The van der Waals surface area contributed by atoms with Crippen molar-refractivity contribution >= 4 is 32.3 Å². The fourth-order valence-electron chi connectivity index (χ4n) is 3.65. The minimum Gasteiger partial charge on any atom is -0.475 e. The number of aromatic nitrogens is 2. The van der Waals surface area contributed by atoms with Crippen LogP contribution in [0, 0.1) is 0 Å². The molecule has 0 saturated heterocycles. The smallest absolute Gasteiger partial charge is 0.274 e. The van der Waals surface area contributed by atoms with Crippen molar-refractivity contribution < 1.29 is 17.9 Å². The standard InChI is InChI=1S/C20H21N3O5S/c1-20(2)19(25)23(4)15-9-11(29(5,26)27)8-13(17(15)28-20)14-10-22(3)18(24)16-12(14)6-7-21-16/h6-10,21H,1-5H3. The van der Waals surface area contributed by atoms with Crippen molar-refractivity contribution in [2.45, 2.75) is 24.3 Å². The van der Waals surface area contributed by atoms with E-state index >= 15 is 0 Å². The van der Waals surface area contributed by atoms with E-state index in [0.29, 0.717) is 33.5 Å². The van der Waals surface area contributed by atoms with Gasteiger partial charge in [-0.05, 0) is 32.0 Å². The molecule has 0 bridgehead atoms. The summed E-state index contributed by atoms with van der Waals surface area (Å²) in [7, 11) is -0.349. The number of sulfone groups is 1. The molecule has 1 aliphatic rings. The third-order valence-electron chi connectivity index (χ3n) is 5.19. The molecule has 0 atom stereocenters. The number of hydrogen-bond acceptors (Lipinski definition) is 5. The number of pyridine rings is 1. The Morgan fingerprint density at radius 3 is 2.45 bits per heavy atom. The van der Waals surface area contributed by atoms with Crippen molar-refractivity contribution in [2.24, 2.45) is 7.05 Å². The van der Waals surface area contributed by atoms with Crippen LogP contribution in [0.1, 0.15) is 13.8 Å². The van der Waals surface area contributed by atoms with Crippen LogP contribution in [0.3, 0.4) is 0 Å². The Kier molecular flexibility index (Phi) is 3.96. The molecular weight excluding hydrogens is 394 g/mol. The number of rotatable bonds is 2. The monoisotopic (exact) mass is 415 g/mol. The molecule has 1 N–H and O–H groups in total. The van der Waals surface area contributed by atoms with E-state index in [-0.39, 0.29) is 16.4 Å². The lowest BCUT2D eigenvalue weighted by Crippen LogP contribution is -2.51. The van der Waals surface area contributed by atoms with Gasteiger partial charge in [0.1, 0.15) is 5.52 Å². The van der Waals surface area contributed by atoms with Gasteiger partial charge in [-0.25, -0.2) is 8.42 Å². The fourth-order valence-corrected chi connectivity index (χ4v) is 4.31. The first-order valence-electron chi connectivity index (χ1n) is 8.94. The summed E-state index contributed by atoms with van der Waals surface area (Å²) in [6, 6.07) is 4.73. The van der Waals surface area contributed by atoms with Gasteiger partial charge in [-0.2, -0.15) is 0 Å². The minimum absolute atomic E-state index is 0.0618. The molecule has 9 heteroatoms. The number of nitrogens with zero attached hydrogens (tertiary/aromatic N) is 2. The van der Waals surface area contributed by atoms with Crippen molar-refractivity contribution in [3.8, 4) is 16.9 Å². The van der Waals surface area contributed by atoms with Gasteiger partial charge < -0.3 is 19.2 Å². The first kappa shape index (κ1) is 19.3. The summed E-state index contributed by atoms with van der Waals surface area (Å²) in [5.41, 5.74) is 0.573. The van der Waals surface area contributed by atoms with Gasteiger partial charge in [0.15, 0.2) is 21.2 Å². The summed E-state index contributed by atoms with van der Waals surface area (Å²) >= 11 is 0. The third kappa shape index (κ3) is 2.84. The van der Waals surface area contributed by atoms with E-state index in [1.807, 2.05) is 0 Å². The maximum atomic E-state index is 12.7. The van der Waals surface area contributed by atoms with Gasteiger partial charge in [0.05, 0.1) is 10.6 Å². The number of aryl methyl sites for hydroxylation is 1. The van der Waals surface area contributed by atoms with Crippen LogP contribution in [0.5, 0.6) is 5.75 Å². The van der Waals surface area contributed by atoms with Crippen LogP contribution in [0.15, 0.2) is 40.3 Å². The second kappa shape index (κ2) is 5.96. The van der Waals surface area contributed by atoms with Gasteiger partial charge in [-0.1, -0.05) is 0 Å². The minimum atomic E-state index is -3.56. The molecule has 1 aromatic carbocycles. The second-order valence-corrected chi connectivity index (χ2v) is 9.81. The zero-order valence-electron chi connectivity index (χ0n) is 16.7. The van der Waals surface area contributed by atoms with Crippen molar-refractivity contribution in [3.05, 3.63) is 40.9 Å². The van der Waals surface area contributed by atoms with Crippen LogP contribution in [-0.4, -0.2) is 42.8 Å². The van der Waals surface area contributed by atoms with Crippen LogP contribution in [0.4, 0.5) is 5.69 Å². The molecule has 0 unspecified atom stereocenters. The van der Waals surface area contributed by atoms with E-state index in [2.05, 4.69) is 4.98 Å². The van der Waals surface area contributed by atoms with Crippen molar-refractivity contribution in [3.63, 3.8) is 0 Å². The maximum Gasteiger partial charge on any atom is 0.274 e. The molecular formula is C20H21N3O5S. The molecule has 0 fully saturated rings. The highest BCUT2D eigenvalue weighted by molar-refractivity contribution is 7.90. The lowest BCUT2D eigenvalue weighted by Gasteiger charge is -2.38. The molecule has 0 saturated carbocycles. The number of ether oxygens (including phenoxy) is 1. The Morgan fingerprint density at radius 1 is 1.10 bits per heavy atom. The Morgan fingerprint density at radius 2 is 1.79 bits per heavy atom. The number of anilines is 1. The molecule has 0 spiro atoms. The Bertz CT molecular complexity index is 1350. The number of likely N-dealkylation sites (N-methyl/N-ethyl adjacent to an activating group) is 1. The number of fused-ring (bicyclic) bond motifs is 2. The second-order valence-electron chi connectivity index (χ2n) is 7.79. The molecule has 2 aromatic heterocycles. The van der Waals surface area contributed by atoms with Crippen LogP contribution in [-0.2, 0) is 21.7 Å². The van der Waals surface area contributed by atoms with Crippen LogP contribution in [0.25, 0.3) is 22.0 Å². The summed E-state index contributed by atoms with van der Waals surface area (Å²) < 4.78 is 32.2. The van der Waals surface area contributed by atoms with E-state index in [4.69, 9.17) is 4.74 Å². The predicted molar refractivity (Wildman–Crippen MR) is 110 cm³/mol. The average molecular weight is 415 g/mol. The topological polar surface area (TPSA) is 101 Å². The first-order valence-corrected chi connectivity index (χ1v) is 10.8. The number of carbonyl (C=O) groups excluding carboxylic acids is 1.